The number of benzene rings is 1. The molecule has 1 aliphatic rings. The predicted octanol–water partition coefficient (Wildman–Crippen LogP) is 3.08. The molecule has 2 N–H and O–H groups in total. The predicted molar refractivity (Wildman–Crippen MR) is 65.3 cm³/mol. The van der Waals surface area contributed by atoms with E-state index in [1.807, 2.05) is 18.2 Å². The van der Waals surface area contributed by atoms with E-state index >= 15 is 0 Å². The van der Waals surface area contributed by atoms with Crippen molar-refractivity contribution in [3.05, 3.63) is 35.4 Å². The molecule has 1 aromatic carbocycles. The van der Waals surface area contributed by atoms with Gasteiger partial charge in [-0.1, -0.05) is 44.4 Å². The van der Waals surface area contributed by atoms with Gasteiger partial charge in [0.25, 0.3) is 0 Å². The molecule has 1 fully saturated rings. The minimum atomic E-state index is -0.298. The number of carbonyl (C=O) groups is 1. The molecule has 2 heteroatoms. The van der Waals surface area contributed by atoms with Gasteiger partial charge in [0.2, 0.25) is 5.91 Å². The average molecular weight is 217 g/mol. The van der Waals surface area contributed by atoms with Crippen molar-refractivity contribution in [3.63, 3.8) is 0 Å². The van der Waals surface area contributed by atoms with Gasteiger partial charge in [-0.2, -0.15) is 0 Å². The fourth-order valence-corrected chi connectivity index (χ4v) is 2.82. The number of hydrogen-bond donors (Lipinski definition) is 1. The Balaban J connectivity index is 2.34. The Kier molecular flexibility index (Phi) is 3.28. The molecule has 0 bridgehead atoms. The van der Waals surface area contributed by atoms with Gasteiger partial charge in [-0.15, -0.1) is 0 Å². The number of carbonyl (C=O) groups excluding carboxylic acids is 1. The molecule has 1 aromatic rings. The largest absolute Gasteiger partial charge is 0.366 e. The van der Waals surface area contributed by atoms with Crippen molar-refractivity contribution in [1.29, 1.82) is 0 Å². The minimum absolute atomic E-state index is 0.298. The average Bonchev–Trinajstić information content (AvgIpc) is 2.29. The Bertz CT molecular complexity index is 386. The molecule has 2 atom stereocenters. The molecule has 0 saturated heterocycles. The highest BCUT2D eigenvalue weighted by Crippen LogP contribution is 2.38. The molecule has 1 saturated carbocycles. The maximum Gasteiger partial charge on any atom is 0.248 e. The molecule has 1 aliphatic carbocycles. The number of rotatable bonds is 2. The smallest absolute Gasteiger partial charge is 0.248 e. The van der Waals surface area contributed by atoms with Crippen LogP contribution in [-0.2, 0) is 0 Å². The van der Waals surface area contributed by atoms with Gasteiger partial charge in [0.05, 0.1) is 0 Å². The van der Waals surface area contributed by atoms with Crippen LogP contribution in [0.1, 0.15) is 54.4 Å². The summed E-state index contributed by atoms with van der Waals surface area (Å²) in [6.45, 7) is 2.28. The lowest BCUT2D eigenvalue weighted by Crippen LogP contribution is -2.20. The van der Waals surface area contributed by atoms with E-state index in [1.165, 1.54) is 25.7 Å². The highest BCUT2D eigenvalue weighted by molar-refractivity contribution is 5.94. The topological polar surface area (TPSA) is 43.1 Å². The summed E-state index contributed by atoms with van der Waals surface area (Å²) in [7, 11) is 0. The van der Waals surface area contributed by atoms with E-state index in [4.69, 9.17) is 5.73 Å². The third kappa shape index (κ3) is 2.11. The first-order chi connectivity index (χ1) is 7.70. The number of primary amides is 1. The lowest BCUT2D eigenvalue weighted by Gasteiger charge is -2.30. The van der Waals surface area contributed by atoms with Gasteiger partial charge in [0.15, 0.2) is 0 Å². The normalized spacial score (nSPS) is 25.3. The van der Waals surface area contributed by atoms with E-state index in [-0.39, 0.29) is 5.91 Å². The van der Waals surface area contributed by atoms with Gasteiger partial charge in [0, 0.05) is 5.56 Å². The second kappa shape index (κ2) is 4.69. The molecule has 2 rings (SSSR count). The SMILES string of the molecule is CC1CCCCC1c1ccccc1C(N)=O. The van der Waals surface area contributed by atoms with E-state index in [2.05, 4.69) is 13.0 Å². The molecule has 0 aromatic heterocycles. The van der Waals surface area contributed by atoms with Crippen molar-refractivity contribution >= 4 is 5.91 Å². The maximum atomic E-state index is 11.4. The summed E-state index contributed by atoms with van der Waals surface area (Å²) < 4.78 is 0. The minimum Gasteiger partial charge on any atom is -0.366 e. The van der Waals surface area contributed by atoms with Gasteiger partial charge < -0.3 is 5.73 Å². The highest BCUT2D eigenvalue weighted by atomic mass is 16.1. The molecule has 0 heterocycles. The highest BCUT2D eigenvalue weighted by Gasteiger charge is 2.25. The summed E-state index contributed by atoms with van der Waals surface area (Å²) in [6.07, 6.45) is 5.03. The Morgan fingerprint density at radius 2 is 1.94 bits per heavy atom. The van der Waals surface area contributed by atoms with Crippen molar-refractivity contribution in [2.75, 3.05) is 0 Å². The van der Waals surface area contributed by atoms with Crippen LogP contribution in [0.4, 0.5) is 0 Å². The second-order valence-corrected chi connectivity index (χ2v) is 4.82. The Morgan fingerprint density at radius 1 is 1.25 bits per heavy atom. The first kappa shape index (κ1) is 11.2. The molecule has 2 nitrogen and oxygen atoms in total. The third-order valence-corrected chi connectivity index (χ3v) is 3.74. The number of hydrogen-bond acceptors (Lipinski definition) is 1. The first-order valence-electron chi connectivity index (χ1n) is 6.09. The maximum absolute atomic E-state index is 11.4. The summed E-state index contributed by atoms with van der Waals surface area (Å²) in [6, 6.07) is 7.80. The summed E-state index contributed by atoms with van der Waals surface area (Å²) in [5.41, 5.74) is 7.29. The van der Waals surface area contributed by atoms with Crippen LogP contribution in [0.15, 0.2) is 24.3 Å². The lowest BCUT2D eigenvalue weighted by atomic mass is 9.75. The van der Waals surface area contributed by atoms with Gasteiger partial charge >= 0.3 is 0 Å². The van der Waals surface area contributed by atoms with Crippen LogP contribution in [0.3, 0.4) is 0 Å². The summed E-state index contributed by atoms with van der Waals surface area (Å²) in [4.78, 5) is 11.4. The van der Waals surface area contributed by atoms with Gasteiger partial charge in [-0.25, -0.2) is 0 Å². The molecular weight excluding hydrogens is 198 g/mol. The quantitative estimate of drug-likeness (QED) is 0.812. The molecular formula is C14H19NO. The Hall–Kier alpha value is -1.31. The van der Waals surface area contributed by atoms with Crippen LogP contribution in [0, 0.1) is 5.92 Å². The molecule has 16 heavy (non-hydrogen) atoms. The van der Waals surface area contributed by atoms with E-state index in [1.54, 1.807) is 0 Å². The zero-order chi connectivity index (χ0) is 11.5. The number of nitrogens with two attached hydrogens (primary N) is 1. The van der Waals surface area contributed by atoms with Crippen LogP contribution < -0.4 is 5.73 Å². The van der Waals surface area contributed by atoms with E-state index < -0.39 is 0 Å². The van der Waals surface area contributed by atoms with Crippen LogP contribution >= 0.6 is 0 Å². The molecule has 86 valence electrons. The van der Waals surface area contributed by atoms with Crippen molar-refractivity contribution in [2.45, 2.75) is 38.5 Å². The monoisotopic (exact) mass is 217 g/mol. The summed E-state index contributed by atoms with van der Waals surface area (Å²) in [5, 5.41) is 0. The molecule has 1 amide bonds. The Labute approximate surface area is 96.8 Å². The molecule has 0 spiro atoms. The van der Waals surface area contributed by atoms with Crippen molar-refractivity contribution in [1.82, 2.24) is 0 Å². The van der Waals surface area contributed by atoms with E-state index in [9.17, 15) is 4.79 Å². The van der Waals surface area contributed by atoms with E-state index in [0.29, 0.717) is 17.4 Å². The summed E-state index contributed by atoms with van der Waals surface area (Å²) >= 11 is 0. The van der Waals surface area contributed by atoms with Crippen molar-refractivity contribution in [3.8, 4) is 0 Å². The zero-order valence-electron chi connectivity index (χ0n) is 9.78. The fraction of sp³-hybridized carbons (Fsp3) is 0.500. The van der Waals surface area contributed by atoms with Gasteiger partial charge in [-0.3, -0.25) is 4.79 Å². The van der Waals surface area contributed by atoms with Crippen LogP contribution in [-0.4, -0.2) is 5.91 Å². The Morgan fingerprint density at radius 3 is 2.62 bits per heavy atom. The fourth-order valence-electron chi connectivity index (χ4n) is 2.82. The van der Waals surface area contributed by atoms with Crippen LogP contribution in [0.2, 0.25) is 0 Å². The molecule has 0 aliphatic heterocycles. The standard InChI is InChI=1S/C14H19NO/c1-10-6-2-3-7-11(10)12-8-4-5-9-13(12)14(15)16/h4-5,8-11H,2-3,6-7H2,1H3,(H2,15,16). The molecule has 2 unspecified atom stereocenters. The van der Waals surface area contributed by atoms with Crippen LogP contribution in [0.5, 0.6) is 0 Å². The number of amides is 1. The summed E-state index contributed by atoms with van der Waals surface area (Å²) in [5.74, 6) is 0.875. The lowest BCUT2D eigenvalue weighted by molar-refractivity contribution is 0.0998. The molecule has 0 radical (unpaired) electrons. The van der Waals surface area contributed by atoms with Crippen molar-refractivity contribution < 1.29 is 4.79 Å². The van der Waals surface area contributed by atoms with Gasteiger partial charge in [0.1, 0.15) is 0 Å². The van der Waals surface area contributed by atoms with Gasteiger partial charge in [-0.05, 0) is 29.9 Å². The van der Waals surface area contributed by atoms with Crippen molar-refractivity contribution in [2.24, 2.45) is 11.7 Å². The third-order valence-electron chi connectivity index (χ3n) is 3.74. The first-order valence-corrected chi connectivity index (χ1v) is 6.09. The zero-order valence-corrected chi connectivity index (χ0v) is 9.78. The second-order valence-electron chi connectivity index (χ2n) is 4.82. The van der Waals surface area contributed by atoms with E-state index in [0.717, 1.165) is 5.56 Å². The van der Waals surface area contributed by atoms with Crippen LogP contribution in [0.25, 0.3) is 0 Å².